The van der Waals surface area contributed by atoms with Crippen molar-refractivity contribution in [3.63, 3.8) is 0 Å². The molecule has 3 atom stereocenters. The van der Waals surface area contributed by atoms with Crippen molar-refractivity contribution in [1.29, 1.82) is 0 Å². The molecule has 0 spiro atoms. The number of rotatable bonds is 14. The summed E-state index contributed by atoms with van der Waals surface area (Å²) in [6.45, 7) is -0.394. The number of hydrogen-bond acceptors (Lipinski definition) is 8. The number of carboxylic acid groups (broad SMARTS) is 1. The summed E-state index contributed by atoms with van der Waals surface area (Å²) in [6, 6.07) is 2.77. The normalized spacial score (nSPS) is 13.3. The summed E-state index contributed by atoms with van der Waals surface area (Å²) in [6.07, 6.45) is 5.22. The summed E-state index contributed by atoms with van der Waals surface area (Å²) < 4.78 is 0. The van der Waals surface area contributed by atoms with Crippen LogP contribution in [-0.2, 0) is 32.0 Å². The van der Waals surface area contributed by atoms with E-state index in [1.54, 1.807) is 23.9 Å². The van der Waals surface area contributed by atoms with E-state index in [1.165, 1.54) is 24.7 Å². The van der Waals surface area contributed by atoms with Crippen molar-refractivity contribution in [1.82, 2.24) is 25.9 Å². The van der Waals surface area contributed by atoms with E-state index in [1.807, 2.05) is 6.26 Å². The van der Waals surface area contributed by atoms with Crippen molar-refractivity contribution in [2.24, 2.45) is 5.73 Å². The molecule has 0 radical (unpaired) electrons. The standard InChI is InChI=1S/C22H30N6O6S/c1-35-7-6-16(23)20(31)25-11-19(30)27-17(9-14-10-24-12-26-14)21(32)28-18(22(33)34)8-13-2-4-15(29)5-3-13/h2-5,10,12,16-18,29H,6-9,11,23H2,1H3,(H,24,26)(H,25,31)(H,27,30)(H,28,32)(H,33,34). The quantitative estimate of drug-likeness (QED) is 0.170. The van der Waals surface area contributed by atoms with Gasteiger partial charge in [-0.05, 0) is 36.1 Å². The van der Waals surface area contributed by atoms with Gasteiger partial charge in [0.05, 0.1) is 18.9 Å². The molecule has 8 N–H and O–H groups in total. The van der Waals surface area contributed by atoms with E-state index < -0.39 is 48.4 Å². The fourth-order valence-electron chi connectivity index (χ4n) is 3.09. The van der Waals surface area contributed by atoms with E-state index >= 15 is 0 Å². The van der Waals surface area contributed by atoms with Gasteiger partial charge in [-0.2, -0.15) is 11.8 Å². The summed E-state index contributed by atoms with van der Waals surface area (Å²) in [5, 5.41) is 26.4. The van der Waals surface area contributed by atoms with Crippen LogP contribution < -0.4 is 21.7 Å². The number of aromatic nitrogens is 2. The Morgan fingerprint density at radius 1 is 1.09 bits per heavy atom. The van der Waals surface area contributed by atoms with Gasteiger partial charge in [0.2, 0.25) is 17.7 Å². The monoisotopic (exact) mass is 506 g/mol. The molecular formula is C22H30N6O6S. The zero-order chi connectivity index (χ0) is 25.8. The van der Waals surface area contributed by atoms with Crippen LogP contribution in [0.3, 0.4) is 0 Å². The smallest absolute Gasteiger partial charge is 0.326 e. The Kier molecular flexibility index (Phi) is 11.0. The topological polar surface area (TPSA) is 200 Å². The van der Waals surface area contributed by atoms with Crippen molar-refractivity contribution in [3.05, 3.63) is 48.0 Å². The van der Waals surface area contributed by atoms with E-state index in [-0.39, 0.29) is 18.6 Å². The second-order valence-electron chi connectivity index (χ2n) is 7.78. The Morgan fingerprint density at radius 3 is 2.40 bits per heavy atom. The number of imidazole rings is 1. The first-order valence-electron chi connectivity index (χ1n) is 10.8. The van der Waals surface area contributed by atoms with Crippen molar-refractivity contribution >= 4 is 35.5 Å². The number of hydrogen-bond donors (Lipinski definition) is 7. The van der Waals surface area contributed by atoms with Gasteiger partial charge in [-0.3, -0.25) is 14.4 Å². The molecule has 2 rings (SSSR count). The van der Waals surface area contributed by atoms with Gasteiger partial charge in [0, 0.05) is 24.7 Å². The molecule has 3 amide bonds. The lowest BCUT2D eigenvalue weighted by atomic mass is 10.0. The SMILES string of the molecule is CSCCC(N)C(=O)NCC(=O)NC(Cc1cnc[nH]1)C(=O)NC(Cc1ccc(O)cc1)C(=O)O. The number of aromatic hydroxyl groups is 1. The number of H-pyrrole nitrogens is 1. The highest BCUT2D eigenvalue weighted by Gasteiger charge is 2.27. The fourth-order valence-corrected chi connectivity index (χ4v) is 3.58. The molecule has 13 heteroatoms. The number of carbonyl (C=O) groups excluding carboxylic acids is 3. The lowest BCUT2D eigenvalue weighted by Gasteiger charge is -2.21. The molecule has 0 bridgehead atoms. The maximum Gasteiger partial charge on any atom is 0.326 e. The summed E-state index contributed by atoms with van der Waals surface area (Å²) >= 11 is 1.55. The number of phenolic OH excluding ortho intramolecular Hbond substituents is 1. The van der Waals surface area contributed by atoms with Crippen molar-refractivity contribution in [3.8, 4) is 5.75 Å². The third-order valence-electron chi connectivity index (χ3n) is 5.01. The number of benzene rings is 1. The molecule has 3 unspecified atom stereocenters. The van der Waals surface area contributed by atoms with E-state index in [9.17, 15) is 29.4 Å². The number of nitrogens with one attached hydrogen (secondary N) is 4. The van der Waals surface area contributed by atoms with Gasteiger partial charge in [-0.1, -0.05) is 12.1 Å². The number of nitrogens with zero attached hydrogens (tertiary/aromatic N) is 1. The molecule has 0 aliphatic carbocycles. The molecule has 0 aliphatic heterocycles. The third-order valence-corrected chi connectivity index (χ3v) is 5.66. The fraction of sp³-hybridized carbons (Fsp3) is 0.409. The van der Waals surface area contributed by atoms with Crippen molar-refractivity contribution in [2.45, 2.75) is 37.4 Å². The number of aromatic amines is 1. The Labute approximate surface area is 206 Å². The summed E-state index contributed by atoms with van der Waals surface area (Å²) in [7, 11) is 0. The number of carbonyl (C=O) groups is 4. The van der Waals surface area contributed by atoms with Crippen molar-refractivity contribution < 1.29 is 29.4 Å². The van der Waals surface area contributed by atoms with Crippen LogP contribution in [0.4, 0.5) is 0 Å². The molecule has 0 fully saturated rings. The zero-order valence-electron chi connectivity index (χ0n) is 19.2. The average molecular weight is 507 g/mol. The van der Waals surface area contributed by atoms with E-state index in [4.69, 9.17) is 5.73 Å². The first-order chi connectivity index (χ1) is 16.7. The second kappa shape index (κ2) is 14.0. The predicted octanol–water partition coefficient (Wildman–Crippen LogP) is -0.849. The number of amides is 3. The molecule has 35 heavy (non-hydrogen) atoms. The van der Waals surface area contributed by atoms with Crippen LogP contribution in [0.1, 0.15) is 17.7 Å². The first kappa shape index (κ1) is 27.7. The second-order valence-corrected chi connectivity index (χ2v) is 8.76. The molecule has 190 valence electrons. The molecule has 0 aliphatic rings. The van der Waals surface area contributed by atoms with E-state index in [0.717, 1.165) is 0 Å². The maximum absolute atomic E-state index is 13.0. The molecular weight excluding hydrogens is 476 g/mol. The van der Waals surface area contributed by atoms with Gasteiger partial charge in [0.25, 0.3) is 0 Å². The highest BCUT2D eigenvalue weighted by Crippen LogP contribution is 2.12. The van der Waals surface area contributed by atoms with Crippen LogP contribution in [0.15, 0.2) is 36.8 Å². The van der Waals surface area contributed by atoms with E-state index in [0.29, 0.717) is 23.4 Å². The lowest BCUT2D eigenvalue weighted by Crippen LogP contribution is -2.55. The van der Waals surface area contributed by atoms with E-state index in [2.05, 4.69) is 25.9 Å². The maximum atomic E-state index is 13.0. The molecule has 12 nitrogen and oxygen atoms in total. The van der Waals surface area contributed by atoms with Crippen LogP contribution >= 0.6 is 11.8 Å². The predicted molar refractivity (Wildman–Crippen MR) is 130 cm³/mol. The minimum absolute atomic E-state index is 0.0182. The van der Waals surface area contributed by atoms with Crippen molar-refractivity contribution in [2.75, 3.05) is 18.6 Å². The van der Waals surface area contributed by atoms with Gasteiger partial charge in [-0.15, -0.1) is 0 Å². The molecule has 2 aromatic rings. The highest BCUT2D eigenvalue weighted by molar-refractivity contribution is 7.98. The Morgan fingerprint density at radius 2 is 1.80 bits per heavy atom. The zero-order valence-corrected chi connectivity index (χ0v) is 20.0. The summed E-state index contributed by atoms with van der Waals surface area (Å²) in [5.41, 5.74) is 6.91. The average Bonchev–Trinajstić information content (AvgIpc) is 3.34. The van der Waals surface area contributed by atoms with Crippen LogP contribution in [0.2, 0.25) is 0 Å². The largest absolute Gasteiger partial charge is 0.508 e. The number of phenols is 1. The van der Waals surface area contributed by atoms with Gasteiger partial charge < -0.3 is 36.9 Å². The summed E-state index contributed by atoms with van der Waals surface area (Å²) in [4.78, 5) is 55.9. The van der Waals surface area contributed by atoms with Crippen LogP contribution in [0, 0.1) is 0 Å². The molecule has 1 heterocycles. The van der Waals surface area contributed by atoms with Gasteiger partial charge in [0.15, 0.2) is 0 Å². The Bertz CT molecular complexity index is 985. The molecule has 0 saturated carbocycles. The number of aliphatic carboxylic acids is 1. The van der Waals surface area contributed by atoms with Crippen LogP contribution in [-0.4, -0.2) is 80.6 Å². The number of carboxylic acids is 1. The third kappa shape index (κ3) is 9.66. The van der Waals surface area contributed by atoms with Gasteiger partial charge in [0.1, 0.15) is 17.8 Å². The molecule has 0 saturated heterocycles. The van der Waals surface area contributed by atoms with Crippen LogP contribution in [0.25, 0.3) is 0 Å². The number of thioether (sulfide) groups is 1. The Balaban J connectivity index is 2.02. The summed E-state index contributed by atoms with van der Waals surface area (Å²) in [5.74, 6) is -2.37. The Hall–Kier alpha value is -3.58. The minimum atomic E-state index is -1.28. The highest BCUT2D eigenvalue weighted by atomic mass is 32.2. The lowest BCUT2D eigenvalue weighted by molar-refractivity contribution is -0.142. The van der Waals surface area contributed by atoms with Gasteiger partial charge in [-0.25, -0.2) is 9.78 Å². The van der Waals surface area contributed by atoms with Crippen LogP contribution in [0.5, 0.6) is 5.75 Å². The minimum Gasteiger partial charge on any atom is -0.508 e. The molecule has 1 aromatic carbocycles. The first-order valence-corrected chi connectivity index (χ1v) is 12.2. The van der Waals surface area contributed by atoms with Gasteiger partial charge >= 0.3 is 5.97 Å². The molecule has 1 aromatic heterocycles. The number of nitrogens with two attached hydrogens (primary N) is 1.